The highest BCUT2D eigenvalue weighted by molar-refractivity contribution is 7.98. The van der Waals surface area contributed by atoms with Crippen molar-refractivity contribution in [2.45, 2.75) is 24.4 Å². The van der Waals surface area contributed by atoms with Gasteiger partial charge in [0.15, 0.2) is 5.16 Å². The summed E-state index contributed by atoms with van der Waals surface area (Å²) < 4.78 is 5.36. The molecule has 1 aliphatic rings. The number of aromatic nitrogens is 2. The zero-order valence-electron chi connectivity index (χ0n) is 8.99. The van der Waals surface area contributed by atoms with Crippen LogP contribution in [-0.2, 0) is 4.74 Å². The normalized spacial score (nSPS) is 20.8. The molecule has 0 radical (unpaired) electrons. The second-order valence-corrected chi connectivity index (χ2v) is 4.43. The van der Waals surface area contributed by atoms with Gasteiger partial charge in [0.2, 0.25) is 0 Å². The van der Waals surface area contributed by atoms with Crippen LogP contribution in [0.2, 0.25) is 0 Å². The maximum Gasteiger partial charge on any atom is 0.189 e. The van der Waals surface area contributed by atoms with E-state index in [0.29, 0.717) is 11.7 Å². The number of nitrogen functional groups attached to an aromatic ring is 1. The van der Waals surface area contributed by atoms with Crippen LogP contribution in [0.3, 0.4) is 0 Å². The van der Waals surface area contributed by atoms with Gasteiger partial charge in [0.05, 0.1) is 6.61 Å². The van der Waals surface area contributed by atoms with Crippen molar-refractivity contribution in [3.63, 3.8) is 0 Å². The lowest BCUT2D eigenvalue weighted by Crippen LogP contribution is -2.09. The maximum atomic E-state index is 5.96. The number of hydrogen-bond acceptors (Lipinski definition) is 5. The van der Waals surface area contributed by atoms with Crippen molar-refractivity contribution in [1.29, 1.82) is 0 Å². The van der Waals surface area contributed by atoms with Gasteiger partial charge in [-0.15, -0.1) is 0 Å². The quantitative estimate of drug-likeness (QED) is 0.612. The molecule has 1 atom stereocenters. The minimum atomic E-state index is 0.376. The molecule has 1 fully saturated rings. The van der Waals surface area contributed by atoms with E-state index >= 15 is 0 Å². The molecule has 1 aromatic rings. The Morgan fingerprint density at radius 3 is 2.80 bits per heavy atom. The van der Waals surface area contributed by atoms with Gasteiger partial charge >= 0.3 is 0 Å². The third kappa shape index (κ3) is 2.08. The Bertz CT molecular complexity index is 341. The Morgan fingerprint density at radius 1 is 1.47 bits per heavy atom. The van der Waals surface area contributed by atoms with Crippen LogP contribution in [-0.4, -0.2) is 29.4 Å². The van der Waals surface area contributed by atoms with Crippen molar-refractivity contribution in [1.82, 2.24) is 9.97 Å². The predicted octanol–water partition coefficient (Wildman–Crippen LogP) is 1.59. The molecule has 2 rings (SSSR count). The van der Waals surface area contributed by atoms with E-state index < -0.39 is 0 Å². The molecule has 2 heterocycles. The zero-order chi connectivity index (χ0) is 10.8. The van der Waals surface area contributed by atoms with Crippen LogP contribution < -0.4 is 5.73 Å². The molecule has 0 bridgehead atoms. The molecule has 0 aromatic carbocycles. The van der Waals surface area contributed by atoms with Crippen molar-refractivity contribution in [3.8, 4) is 0 Å². The molecule has 1 aromatic heterocycles. The number of ether oxygens (including phenoxy) is 1. The van der Waals surface area contributed by atoms with Crippen molar-refractivity contribution >= 4 is 17.6 Å². The molecule has 0 saturated carbocycles. The first-order valence-corrected chi connectivity index (χ1v) is 6.20. The fourth-order valence-electron chi connectivity index (χ4n) is 1.94. The Balaban J connectivity index is 2.37. The minimum Gasteiger partial charge on any atom is -0.383 e. The van der Waals surface area contributed by atoms with E-state index in [4.69, 9.17) is 10.5 Å². The highest BCUT2D eigenvalue weighted by atomic mass is 32.2. The predicted molar refractivity (Wildman–Crippen MR) is 61.1 cm³/mol. The summed E-state index contributed by atoms with van der Waals surface area (Å²) in [6, 6.07) is 0. The fraction of sp³-hybridized carbons (Fsp3) is 0.600. The molecule has 1 saturated heterocycles. The zero-order valence-corrected chi connectivity index (χ0v) is 9.80. The van der Waals surface area contributed by atoms with Gasteiger partial charge in [-0.3, -0.25) is 0 Å². The lowest BCUT2D eigenvalue weighted by molar-refractivity contribution is 0.194. The van der Waals surface area contributed by atoms with Gasteiger partial charge in [0.25, 0.3) is 0 Å². The van der Waals surface area contributed by atoms with Crippen LogP contribution in [0.4, 0.5) is 5.82 Å². The van der Waals surface area contributed by atoms with Crippen LogP contribution in [0.25, 0.3) is 0 Å². The largest absolute Gasteiger partial charge is 0.383 e. The average molecular weight is 225 g/mol. The lowest BCUT2D eigenvalue weighted by Gasteiger charge is -2.13. The topological polar surface area (TPSA) is 61.0 Å². The monoisotopic (exact) mass is 225 g/mol. The van der Waals surface area contributed by atoms with Crippen molar-refractivity contribution in [3.05, 3.63) is 11.3 Å². The number of thioether (sulfide) groups is 1. The smallest absolute Gasteiger partial charge is 0.189 e. The van der Waals surface area contributed by atoms with Crippen LogP contribution >= 0.6 is 11.8 Å². The first kappa shape index (κ1) is 10.7. The number of nitrogens with zero attached hydrogens (tertiary/aromatic N) is 2. The molecular formula is C10H15N3OS. The first-order valence-electron chi connectivity index (χ1n) is 4.98. The summed E-state index contributed by atoms with van der Waals surface area (Å²) in [5.74, 6) is 0.989. The number of aryl methyl sites for hydroxylation is 1. The summed E-state index contributed by atoms with van der Waals surface area (Å²) in [4.78, 5) is 8.68. The van der Waals surface area contributed by atoms with E-state index in [0.717, 1.165) is 36.0 Å². The number of hydrogen-bond donors (Lipinski definition) is 1. The highest BCUT2D eigenvalue weighted by Gasteiger charge is 2.23. The van der Waals surface area contributed by atoms with Crippen molar-refractivity contribution in [2.75, 3.05) is 25.2 Å². The third-order valence-corrected chi connectivity index (χ3v) is 3.21. The van der Waals surface area contributed by atoms with Crippen LogP contribution in [0, 0.1) is 6.92 Å². The van der Waals surface area contributed by atoms with Gasteiger partial charge in [0.1, 0.15) is 5.82 Å². The average Bonchev–Trinajstić information content (AvgIpc) is 2.69. The van der Waals surface area contributed by atoms with E-state index in [1.54, 1.807) is 0 Å². The molecule has 2 N–H and O–H groups in total. The Labute approximate surface area is 93.6 Å². The Kier molecular flexibility index (Phi) is 3.11. The molecule has 82 valence electrons. The summed E-state index contributed by atoms with van der Waals surface area (Å²) >= 11 is 1.51. The summed E-state index contributed by atoms with van der Waals surface area (Å²) in [7, 11) is 0. The standard InChI is InChI=1S/C10H15N3OS/c1-6-8(7-3-4-14-5-7)9(11)13-10(12-6)15-2/h7H,3-5H2,1-2H3,(H2,11,12,13). The molecular weight excluding hydrogens is 210 g/mol. The fourth-order valence-corrected chi connectivity index (χ4v) is 2.35. The maximum absolute atomic E-state index is 5.96. The van der Waals surface area contributed by atoms with Crippen LogP contribution in [0.15, 0.2) is 5.16 Å². The third-order valence-electron chi connectivity index (χ3n) is 2.67. The van der Waals surface area contributed by atoms with E-state index in [2.05, 4.69) is 9.97 Å². The van der Waals surface area contributed by atoms with Crippen molar-refractivity contribution in [2.24, 2.45) is 0 Å². The molecule has 0 aliphatic carbocycles. The summed E-state index contributed by atoms with van der Waals surface area (Å²) in [5, 5.41) is 0.743. The van der Waals surface area contributed by atoms with Gasteiger partial charge in [-0.25, -0.2) is 9.97 Å². The minimum absolute atomic E-state index is 0.376. The number of nitrogens with two attached hydrogens (primary N) is 1. The summed E-state index contributed by atoms with van der Waals surface area (Å²) in [5.41, 5.74) is 8.02. The van der Waals surface area contributed by atoms with Crippen molar-refractivity contribution < 1.29 is 4.74 Å². The molecule has 0 spiro atoms. The number of rotatable bonds is 2. The molecule has 0 amide bonds. The molecule has 5 heteroatoms. The van der Waals surface area contributed by atoms with Crippen LogP contribution in [0.1, 0.15) is 23.6 Å². The van der Waals surface area contributed by atoms with E-state index in [9.17, 15) is 0 Å². The van der Waals surface area contributed by atoms with Gasteiger partial charge in [0, 0.05) is 23.8 Å². The second kappa shape index (κ2) is 4.37. The van der Waals surface area contributed by atoms with E-state index in [-0.39, 0.29) is 0 Å². The van der Waals surface area contributed by atoms with Crippen LogP contribution in [0.5, 0.6) is 0 Å². The summed E-state index contributed by atoms with van der Waals surface area (Å²) in [6.07, 6.45) is 2.97. The molecule has 4 nitrogen and oxygen atoms in total. The molecule has 1 unspecified atom stereocenters. The first-order chi connectivity index (χ1) is 7.22. The summed E-state index contributed by atoms with van der Waals surface area (Å²) in [6.45, 7) is 3.55. The number of anilines is 1. The molecule has 1 aliphatic heterocycles. The van der Waals surface area contributed by atoms with Gasteiger partial charge in [-0.1, -0.05) is 11.8 Å². The van der Waals surface area contributed by atoms with Gasteiger partial charge in [-0.05, 0) is 19.6 Å². The van der Waals surface area contributed by atoms with Gasteiger partial charge in [-0.2, -0.15) is 0 Å². The van der Waals surface area contributed by atoms with Gasteiger partial charge < -0.3 is 10.5 Å². The van der Waals surface area contributed by atoms with E-state index in [1.165, 1.54) is 11.8 Å². The molecule has 15 heavy (non-hydrogen) atoms. The van der Waals surface area contributed by atoms with E-state index in [1.807, 2.05) is 13.2 Å². The highest BCUT2D eigenvalue weighted by Crippen LogP contribution is 2.31. The Hall–Kier alpha value is -0.810. The lowest BCUT2D eigenvalue weighted by atomic mass is 9.98. The Morgan fingerprint density at radius 2 is 2.27 bits per heavy atom. The SMILES string of the molecule is CSc1nc(C)c(C2CCOC2)c(N)n1. The second-order valence-electron chi connectivity index (χ2n) is 3.66.